The van der Waals surface area contributed by atoms with E-state index in [-0.39, 0.29) is 23.1 Å². The van der Waals surface area contributed by atoms with E-state index in [0.717, 1.165) is 29.8 Å². The van der Waals surface area contributed by atoms with Gasteiger partial charge in [0.2, 0.25) is 5.89 Å². The molecule has 0 aliphatic heterocycles. The van der Waals surface area contributed by atoms with Gasteiger partial charge < -0.3 is 4.42 Å². The molecule has 1 aliphatic rings. The van der Waals surface area contributed by atoms with E-state index < -0.39 is 11.6 Å². The molecule has 3 heterocycles. The van der Waals surface area contributed by atoms with Gasteiger partial charge in [-0.15, -0.1) is 5.10 Å². The number of fused-ring (bicyclic) bond motifs is 1. The van der Waals surface area contributed by atoms with Gasteiger partial charge in [0.05, 0.1) is 35.0 Å². The van der Waals surface area contributed by atoms with Crippen molar-refractivity contribution >= 4 is 0 Å². The zero-order chi connectivity index (χ0) is 23.1. The highest BCUT2D eigenvalue weighted by atomic mass is 19.1. The number of hydrogen-bond donors (Lipinski definition) is 0. The Hall–Kier alpha value is -3.55. The molecule has 0 N–H and O–H groups in total. The lowest BCUT2D eigenvalue weighted by Crippen LogP contribution is -2.22. The fourth-order valence-electron chi connectivity index (χ4n) is 4.59. The van der Waals surface area contributed by atoms with Gasteiger partial charge in [0.15, 0.2) is 0 Å². The summed E-state index contributed by atoms with van der Waals surface area (Å²) in [5, 5.41) is 8.71. The predicted octanol–water partition coefficient (Wildman–Crippen LogP) is 5.84. The van der Waals surface area contributed by atoms with E-state index in [0.29, 0.717) is 23.3 Å². The van der Waals surface area contributed by atoms with E-state index in [1.54, 1.807) is 24.7 Å². The van der Waals surface area contributed by atoms with Gasteiger partial charge in [-0.1, -0.05) is 19.9 Å². The third-order valence-corrected chi connectivity index (χ3v) is 6.22. The molecule has 4 aromatic rings. The van der Waals surface area contributed by atoms with Gasteiger partial charge in [-0.25, -0.2) is 18.7 Å². The van der Waals surface area contributed by atoms with Gasteiger partial charge in [-0.3, -0.25) is 4.98 Å². The molecule has 1 aliphatic carbocycles. The summed E-state index contributed by atoms with van der Waals surface area (Å²) in [7, 11) is 0. The molecular weight excluding hydrogens is 424 g/mol. The Bertz CT molecular complexity index is 1300. The number of rotatable bonds is 4. The maximum atomic E-state index is 14.4. The second kappa shape index (κ2) is 8.42. The van der Waals surface area contributed by atoms with Gasteiger partial charge in [0.25, 0.3) is 0 Å². The van der Waals surface area contributed by atoms with E-state index in [2.05, 4.69) is 34.0 Å². The van der Waals surface area contributed by atoms with Crippen molar-refractivity contribution in [1.29, 1.82) is 0 Å². The Morgan fingerprint density at radius 1 is 1.00 bits per heavy atom. The second-order valence-corrected chi connectivity index (χ2v) is 8.75. The highest BCUT2D eigenvalue weighted by molar-refractivity contribution is 5.62. The number of nitrogens with zero attached hydrogens (tertiary/aromatic N) is 5. The first-order valence-corrected chi connectivity index (χ1v) is 11.0. The van der Waals surface area contributed by atoms with Crippen molar-refractivity contribution in [3.8, 4) is 22.8 Å². The SMILES string of the molecule is Cc1cnc(-c2cncc(C3CCC(C(C)C)c4cc(-c5c(F)cccc5F)nnc43)n2)o1. The molecule has 2 unspecified atom stereocenters. The number of benzene rings is 1. The summed E-state index contributed by atoms with van der Waals surface area (Å²) in [6, 6.07) is 5.59. The topological polar surface area (TPSA) is 77.6 Å². The molecule has 2 atom stereocenters. The minimum Gasteiger partial charge on any atom is -0.440 e. The van der Waals surface area contributed by atoms with Crippen LogP contribution in [0.5, 0.6) is 0 Å². The van der Waals surface area contributed by atoms with Crippen LogP contribution in [0.4, 0.5) is 8.78 Å². The fourth-order valence-corrected chi connectivity index (χ4v) is 4.59. The highest BCUT2D eigenvalue weighted by Gasteiger charge is 2.33. The fraction of sp³-hybridized carbons (Fsp3) is 0.320. The average Bonchev–Trinajstić information content (AvgIpc) is 3.24. The molecular formula is C25H23F2N5O. The molecule has 168 valence electrons. The average molecular weight is 447 g/mol. The lowest BCUT2D eigenvalue weighted by atomic mass is 9.74. The second-order valence-electron chi connectivity index (χ2n) is 8.75. The van der Waals surface area contributed by atoms with Gasteiger partial charge >= 0.3 is 0 Å². The molecule has 0 saturated carbocycles. The number of oxazole rings is 1. The molecule has 0 radical (unpaired) electrons. The molecule has 8 heteroatoms. The third-order valence-electron chi connectivity index (χ3n) is 6.22. The van der Waals surface area contributed by atoms with Gasteiger partial charge in [-0.05, 0) is 55.4 Å². The van der Waals surface area contributed by atoms with Crippen LogP contribution in [-0.4, -0.2) is 25.1 Å². The molecule has 0 saturated heterocycles. The maximum absolute atomic E-state index is 14.4. The van der Waals surface area contributed by atoms with Crippen molar-refractivity contribution < 1.29 is 13.2 Å². The van der Waals surface area contributed by atoms with Gasteiger partial charge in [0, 0.05) is 12.1 Å². The van der Waals surface area contributed by atoms with Crippen LogP contribution in [0.2, 0.25) is 0 Å². The summed E-state index contributed by atoms with van der Waals surface area (Å²) < 4.78 is 34.5. The van der Waals surface area contributed by atoms with Crippen LogP contribution < -0.4 is 0 Å². The van der Waals surface area contributed by atoms with Crippen molar-refractivity contribution in [3.05, 3.63) is 77.2 Å². The van der Waals surface area contributed by atoms with Crippen LogP contribution in [-0.2, 0) is 0 Å². The van der Waals surface area contributed by atoms with E-state index in [1.807, 2.05) is 6.92 Å². The van der Waals surface area contributed by atoms with Crippen LogP contribution in [0.25, 0.3) is 22.8 Å². The number of halogens is 2. The molecule has 0 bridgehead atoms. The minimum atomic E-state index is -0.655. The molecule has 6 nitrogen and oxygen atoms in total. The maximum Gasteiger partial charge on any atom is 0.246 e. The Kier molecular flexibility index (Phi) is 5.44. The Morgan fingerprint density at radius 2 is 1.79 bits per heavy atom. The number of aromatic nitrogens is 5. The summed E-state index contributed by atoms with van der Waals surface area (Å²) >= 11 is 0. The van der Waals surface area contributed by atoms with Crippen molar-refractivity contribution in [2.75, 3.05) is 0 Å². The quantitative estimate of drug-likeness (QED) is 0.391. The zero-order valence-electron chi connectivity index (χ0n) is 18.6. The van der Waals surface area contributed by atoms with Crippen LogP contribution >= 0.6 is 0 Å². The van der Waals surface area contributed by atoms with Gasteiger partial charge in [-0.2, -0.15) is 5.10 Å². The smallest absolute Gasteiger partial charge is 0.246 e. The molecule has 5 rings (SSSR count). The first-order chi connectivity index (χ1) is 15.9. The molecule has 0 fully saturated rings. The predicted molar refractivity (Wildman–Crippen MR) is 118 cm³/mol. The van der Waals surface area contributed by atoms with E-state index in [4.69, 9.17) is 9.40 Å². The van der Waals surface area contributed by atoms with Crippen molar-refractivity contribution in [3.63, 3.8) is 0 Å². The summed E-state index contributed by atoms with van der Waals surface area (Å²) in [6.07, 6.45) is 6.69. The zero-order valence-corrected chi connectivity index (χ0v) is 18.6. The molecule has 0 spiro atoms. The summed E-state index contributed by atoms with van der Waals surface area (Å²) in [5.74, 6) is 0.194. The summed E-state index contributed by atoms with van der Waals surface area (Å²) in [4.78, 5) is 13.3. The van der Waals surface area contributed by atoms with E-state index >= 15 is 0 Å². The third kappa shape index (κ3) is 3.90. The van der Waals surface area contributed by atoms with E-state index in [1.165, 1.54) is 18.2 Å². The van der Waals surface area contributed by atoms with Crippen LogP contribution in [0.3, 0.4) is 0 Å². The standard InChI is InChI=1S/C25H23F2N5O/c1-13(2)15-7-8-16(21-11-28-12-22(30-21)25-29-10-14(3)33-25)24-17(15)9-20(31-32-24)23-18(26)5-4-6-19(23)27/h4-6,9-13,15-16H,7-8H2,1-3H3. The first-order valence-electron chi connectivity index (χ1n) is 11.0. The number of hydrogen-bond acceptors (Lipinski definition) is 6. The minimum absolute atomic E-state index is 0.134. The molecule has 1 aromatic carbocycles. The Labute approximate surface area is 190 Å². The molecule has 3 aromatic heterocycles. The Balaban J connectivity index is 1.60. The van der Waals surface area contributed by atoms with Gasteiger partial charge in [0.1, 0.15) is 23.1 Å². The van der Waals surface area contributed by atoms with Crippen LogP contribution in [0, 0.1) is 24.5 Å². The molecule has 33 heavy (non-hydrogen) atoms. The van der Waals surface area contributed by atoms with Crippen LogP contribution in [0.1, 0.15) is 61.2 Å². The van der Waals surface area contributed by atoms with E-state index in [9.17, 15) is 8.78 Å². The monoisotopic (exact) mass is 447 g/mol. The van der Waals surface area contributed by atoms with Crippen molar-refractivity contribution in [2.45, 2.75) is 45.4 Å². The van der Waals surface area contributed by atoms with Crippen molar-refractivity contribution in [1.82, 2.24) is 25.1 Å². The first kappa shape index (κ1) is 21.3. The largest absolute Gasteiger partial charge is 0.440 e. The lowest BCUT2D eigenvalue weighted by Gasteiger charge is -2.32. The summed E-state index contributed by atoms with van der Waals surface area (Å²) in [6.45, 7) is 6.11. The van der Waals surface area contributed by atoms with Crippen LogP contribution in [0.15, 0.2) is 47.3 Å². The van der Waals surface area contributed by atoms with Crippen molar-refractivity contribution in [2.24, 2.45) is 5.92 Å². The number of aryl methyl sites for hydroxylation is 1. The molecule has 0 amide bonds. The summed E-state index contributed by atoms with van der Waals surface area (Å²) in [5.41, 5.74) is 3.06. The lowest BCUT2D eigenvalue weighted by molar-refractivity contribution is 0.407. The Morgan fingerprint density at radius 3 is 2.48 bits per heavy atom. The normalized spacial score (nSPS) is 17.9. The highest BCUT2D eigenvalue weighted by Crippen LogP contribution is 2.44.